The summed E-state index contributed by atoms with van der Waals surface area (Å²) in [5, 5.41) is 9.58. The second-order valence-electron chi connectivity index (χ2n) is 15.4. The second-order valence-corrected chi connectivity index (χ2v) is 15.4. The summed E-state index contributed by atoms with van der Waals surface area (Å²) in [5.41, 5.74) is 0. The van der Waals surface area contributed by atoms with E-state index in [2.05, 4.69) is 45.1 Å². The highest BCUT2D eigenvalue weighted by atomic mass is 16.6. The van der Waals surface area contributed by atoms with E-state index in [1.807, 2.05) is 18.2 Å². The third kappa shape index (κ3) is 39.2. The maximum atomic E-state index is 12.2. The number of aliphatic hydroxyl groups is 1. The third-order valence-corrected chi connectivity index (χ3v) is 10.1. The highest BCUT2D eigenvalue weighted by Gasteiger charge is 2.16. The first-order chi connectivity index (χ1) is 26.4. The molecule has 0 saturated carbocycles. The number of aliphatic hydroxyl groups excluding tert-OH is 1. The van der Waals surface area contributed by atoms with Gasteiger partial charge in [0.25, 0.3) is 0 Å². The maximum Gasteiger partial charge on any atom is 0.306 e. The molecule has 6 heteroatoms. The molecule has 0 rings (SSSR count). The number of rotatable bonds is 40. The zero-order valence-electron chi connectivity index (χ0n) is 35.4. The van der Waals surface area contributed by atoms with Gasteiger partial charge in [-0.2, -0.15) is 0 Å². The summed E-state index contributed by atoms with van der Waals surface area (Å²) < 4.78 is 10.6. The van der Waals surface area contributed by atoms with Gasteiger partial charge >= 0.3 is 11.9 Å². The molecule has 0 aliphatic rings. The van der Waals surface area contributed by atoms with Crippen LogP contribution in [0.3, 0.4) is 0 Å². The lowest BCUT2D eigenvalue weighted by atomic mass is 9.99. The minimum absolute atomic E-state index is 0.111. The molecule has 54 heavy (non-hydrogen) atoms. The fourth-order valence-electron chi connectivity index (χ4n) is 6.30. The Hall–Kier alpha value is -2.47. The van der Waals surface area contributed by atoms with E-state index in [0.717, 1.165) is 63.7 Å². The Labute approximate surface area is 333 Å². The molecular weight excluding hydrogens is 673 g/mol. The first-order valence-electron chi connectivity index (χ1n) is 22.5. The number of hydrogen-bond donors (Lipinski definition) is 1. The standard InChI is InChI=1S/C48H84O6/c1-4-6-32-38-45(50)39-34-29-25-21-17-15-19-22-26-30-35-40-47(51)53-43-46(42-49)54-48(52)41-36-31-27-23-18-14-12-10-8-7-9-11-13-16-20-24-28-33-37-44(3)5-2/h15,17,22,25-26,29,34,39,44,46,49H,4-14,16,18-21,23-24,27-28,30-33,35-38,40-43H2,1-3H3/b17-15-,26-22-,29-25-,39-34+/t44?,46-/m0/s1. The SMILES string of the molecule is CCCCCC(=O)/C=C/C=C\C/C=C\C/C=C\CCCC(=O)OC[C@H](CO)OC(=O)CCCCCCCCCCCCCCCCCCCCC(C)CC. The van der Waals surface area contributed by atoms with E-state index in [1.165, 1.54) is 109 Å². The van der Waals surface area contributed by atoms with Gasteiger partial charge in [-0.3, -0.25) is 14.4 Å². The molecule has 0 aromatic heterocycles. The number of ether oxygens (including phenoxy) is 2. The van der Waals surface area contributed by atoms with Crippen LogP contribution < -0.4 is 0 Å². The van der Waals surface area contributed by atoms with Crippen molar-refractivity contribution < 1.29 is 29.0 Å². The van der Waals surface area contributed by atoms with Gasteiger partial charge in [0.05, 0.1) is 6.61 Å². The number of allylic oxidation sites excluding steroid dienone is 8. The number of carbonyl (C=O) groups is 3. The highest BCUT2D eigenvalue weighted by Crippen LogP contribution is 2.17. The number of ketones is 1. The molecule has 312 valence electrons. The third-order valence-electron chi connectivity index (χ3n) is 10.1. The summed E-state index contributed by atoms with van der Waals surface area (Å²) in [4.78, 5) is 36.0. The minimum Gasteiger partial charge on any atom is -0.462 e. The van der Waals surface area contributed by atoms with Crippen LogP contribution in [0.2, 0.25) is 0 Å². The normalized spacial score (nSPS) is 13.1. The number of unbranched alkanes of at least 4 members (excludes halogenated alkanes) is 20. The van der Waals surface area contributed by atoms with Crippen molar-refractivity contribution in [2.24, 2.45) is 5.92 Å². The van der Waals surface area contributed by atoms with Crippen molar-refractivity contribution in [1.29, 1.82) is 0 Å². The van der Waals surface area contributed by atoms with Crippen molar-refractivity contribution in [2.45, 2.75) is 219 Å². The molecule has 0 spiro atoms. The second kappa shape index (κ2) is 41.7. The van der Waals surface area contributed by atoms with Gasteiger partial charge in [-0.25, -0.2) is 0 Å². The molecule has 0 heterocycles. The maximum absolute atomic E-state index is 12.2. The van der Waals surface area contributed by atoms with Gasteiger partial charge in [0.15, 0.2) is 11.9 Å². The average molecular weight is 757 g/mol. The van der Waals surface area contributed by atoms with Gasteiger partial charge < -0.3 is 14.6 Å². The quantitative estimate of drug-likeness (QED) is 0.0220. The topological polar surface area (TPSA) is 89.9 Å². The minimum atomic E-state index is -0.809. The lowest BCUT2D eigenvalue weighted by Gasteiger charge is -2.15. The largest absolute Gasteiger partial charge is 0.462 e. The fraction of sp³-hybridized carbons (Fsp3) is 0.771. The van der Waals surface area contributed by atoms with Crippen LogP contribution in [0.15, 0.2) is 48.6 Å². The van der Waals surface area contributed by atoms with Gasteiger partial charge in [-0.1, -0.05) is 198 Å². The lowest BCUT2D eigenvalue weighted by molar-refractivity contribution is -0.161. The molecule has 0 amide bonds. The summed E-state index contributed by atoms with van der Waals surface area (Å²) in [6, 6.07) is 0. The van der Waals surface area contributed by atoms with Crippen LogP contribution in [-0.4, -0.2) is 42.1 Å². The zero-order chi connectivity index (χ0) is 39.6. The van der Waals surface area contributed by atoms with Crippen molar-refractivity contribution in [2.75, 3.05) is 13.2 Å². The molecule has 0 aliphatic carbocycles. The summed E-state index contributed by atoms with van der Waals surface area (Å²) >= 11 is 0. The van der Waals surface area contributed by atoms with E-state index in [1.54, 1.807) is 6.08 Å². The number of esters is 2. The number of hydrogen-bond acceptors (Lipinski definition) is 6. The van der Waals surface area contributed by atoms with E-state index in [4.69, 9.17) is 9.47 Å². The molecule has 0 bridgehead atoms. The molecule has 0 aromatic rings. The molecule has 1 unspecified atom stereocenters. The van der Waals surface area contributed by atoms with Gasteiger partial charge in [-0.15, -0.1) is 0 Å². The van der Waals surface area contributed by atoms with Crippen LogP contribution in [0.25, 0.3) is 0 Å². The van der Waals surface area contributed by atoms with Crippen molar-refractivity contribution in [1.82, 2.24) is 0 Å². The van der Waals surface area contributed by atoms with Crippen LogP contribution in [0.1, 0.15) is 213 Å². The zero-order valence-corrected chi connectivity index (χ0v) is 35.4. The van der Waals surface area contributed by atoms with E-state index in [9.17, 15) is 19.5 Å². The Balaban J connectivity index is 3.62. The molecule has 0 radical (unpaired) electrons. The van der Waals surface area contributed by atoms with E-state index < -0.39 is 6.10 Å². The van der Waals surface area contributed by atoms with Crippen LogP contribution in [-0.2, 0) is 23.9 Å². The predicted octanol–water partition coefficient (Wildman–Crippen LogP) is 13.6. The first kappa shape index (κ1) is 51.5. The molecule has 0 aromatic carbocycles. The van der Waals surface area contributed by atoms with E-state index >= 15 is 0 Å². The molecular formula is C48H84O6. The molecule has 2 atom stereocenters. The van der Waals surface area contributed by atoms with Crippen LogP contribution in [0, 0.1) is 5.92 Å². The summed E-state index contributed by atoms with van der Waals surface area (Å²) in [7, 11) is 0. The Morgan fingerprint density at radius 1 is 0.556 bits per heavy atom. The number of carbonyl (C=O) groups excluding carboxylic acids is 3. The molecule has 0 saturated heterocycles. The van der Waals surface area contributed by atoms with Crippen molar-refractivity contribution in [3.63, 3.8) is 0 Å². The summed E-state index contributed by atoms with van der Waals surface area (Å²) in [6.45, 7) is 6.34. The van der Waals surface area contributed by atoms with Crippen LogP contribution >= 0.6 is 0 Å². The molecule has 0 fully saturated rings. The van der Waals surface area contributed by atoms with Crippen molar-refractivity contribution in [3.05, 3.63) is 48.6 Å². The molecule has 0 aliphatic heterocycles. The van der Waals surface area contributed by atoms with Gasteiger partial charge in [0.1, 0.15) is 6.61 Å². The summed E-state index contributed by atoms with van der Waals surface area (Å²) in [5.74, 6) is 0.411. The first-order valence-corrected chi connectivity index (χ1v) is 22.5. The Kier molecular flexibility index (Phi) is 39.8. The smallest absolute Gasteiger partial charge is 0.306 e. The van der Waals surface area contributed by atoms with Gasteiger partial charge in [0.2, 0.25) is 0 Å². The predicted molar refractivity (Wildman–Crippen MR) is 229 cm³/mol. The Bertz CT molecular complexity index is 980. The van der Waals surface area contributed by atoms with E-state index in [-0.39, 0.29) is 37.4 Å². The van der Waals surface area contributed by atoms with Crippen LogP contribution in [0.4, 0.5) is 0 Å². The lowest BCUT2D eigenvalue weighted by Crippen LogP contribution is -2.28. The molecule has 6 nitrogen and oxygen atoms in total. The van der Waals surface area contributed by atoms with E-state index in [0.29, 0.717) is 19.3 Å². The van der Waals surface area contributed by atoms with Crippen LogP contribution in [0.5, 0.6) is 0 Å². The highest BCUT2D eigenvalue weighted by molar-refractivity contribution is 5.89. The van der Waals surface area contributed by atoms with Crippen molar-refractivity contribution >= 4 is 17.7 Å². The van der Waals surface area contributed by atoms with Gasteiger partial charge in [-0.05, 0) is 50.5 Å². The monoisotopic (exact) mass is 757 g/mol. The molecule has 1 N–H and O–H groups in total. The summed E-state index contributed by atoms with van der Waals surface area (Å²) in [6.07, 6.45) is 48.8. The average Bonchev–Trinajstić information content (AvgIpc) is 3.17. The van der Waals surface area contributed by atoms with Crippen molar-refractivity contribution in [3.8, 4) is 0 Å². The Morgan fingerprint density at radius 3 is 1.61 bits per heavy atom. The fourth-order valence-corrected chi connectivity index (χ4v) is 6.30. The Morgan fingerprint density at radius 2 is 1.06 bits per heavy atom. The van der Waals surface area contributed by atoms with Gasteiger partial charge in [0, 0.05) is 19.3 Å².